The van der Waals surface area contributed by atoms with Crippen LogP contribution in [-0.4, -0.2) is 20.4 Å². The molecule has 0 saturated heterocycles. The Bertz CT molecular complexity index is 1080. The Morgan fingerprint density at radius 1 is 1.17 bits per heavy atom. The Morgan fingerprint density at radius 3 is 2.59 bits per heavy atom. The van der Waals surface area contributed by atoms with Gasteiger partial charge in [0, 0.05) is 29.8 Å². The number of benzene rings is 1. The van der Waals surface area contributed by atoms with Crippen molar-refractivity contribution in [2.75, 3.05) is 5.32 Å². The van der Waals surface area contributed by atoms with Crippen LogP contribution in [0.5, 0.6) is 0 Å². The summed E-state index contributed by atoms with van der Waals surface area (Å²) in [6.45, 7) is 3.89. The van der Waals surface area contributed by atoms with Crippen LogP contribution in [0.25, 0.3) is 11.0 Å². The molecule has 0 radical (unpaired) electrons. The summed E-state index contributed by atoms with van der Waals surface area (Å²) in [5.74, 6) is -0.430. The molecule has 0 spiro atoms. The molecular weight excluding hydrogens is 374 g/mol. The standard InChI is InChI=1S/C22H22F2N4O/c1-11-3-4-13(9-25-11)27-22(29)12(2)21-15-5-14(6-16(15)21)28-10-26-19-7-17(23)18(24)8-20(19)28/h3-4,7-10,12,14-16,21H,5-6H2,1-2H3,(H,27,29). The minimum atomic E-state index is -0.874. The van der Waals surface area contributed by atoms with E-state index in [0.717, 1.165) is 30.3 Å². The number of anilines is 1. The van der Waals surface area contributed by atoms with E-state index in [1.54, 1.807) is 12.5 Å². The highest BCUT2D eigenvalue weighted by Gasteiger charge is 2.59. The van der Waals surface area contributed by atoms with Crippen LogP contribution < -0.4 is 5.32 Å². The summed E-state index contributed by atoms with van der Waals surface area (Å²) in [6.07, 6.45) is 5.22. The molecule has 2 aromatic heterocycles. The number of rotatable bonds is 4. The number of aryl methyl sites for hydroxylation is 1. The molecular formula is C22H22F2N4O. The van der Waals surface area contributed by atoms with Crippen molar-refractivity contribution in [2.45, 2.75) is 32.7 Å². The van der Waals surface area contributed by atoms with E-state index >= 15 is 0 Å². The van der Waals surface area contributed by atoms with Crippen LogP contribution in [0.4, 0.5) is 14.5 Å². The number of hydrogen-bond donors (Lipinski definition) is 1. The smallest absolute Gasteiger partial charge is 0.227 e. The molecule has 1 amide bonds. The fraction of sp³-hybridized carbons (Fsp3) is 0.409. The number of imidazole rings is 1. The fourth-order valence-electron chi connectivity index (χ4n) is 5.12. The van der Waals surface area contributed by atoms with E-state index in [9.17, 15) is 13.6 Å². The molecule has 150 valence electrons. The first kappa shape index (κ1) is 18.2. The predicted molar refractivity (Wildman–Crippen MR) is 105 cm³/mol. The number of nitrogens with zero attached hydrogens (tertiary/aromatic N) is 3. The summed E-state index contributed by atoms with van der Waals surface area (Å²) in [7, 11) is 0. The van der Waals surface area contributed by atoms with Gasteiger partial charge < -0.3 is 9.88 Å². The molecule has 1 N–H and O–H groups in total. The van der Waals surface area contributed by atoms with Gasteiger partial charge in [0.25, 0.3) is 0 Å². The number of carbonyl (C=O) groups excluding carboxylic acids is 1. The molecule has 1 aromatic carbocycles. The lowest BCUT2D eigenvalue weighted by atomic mass is 9.96. The number of carbonyl (C=O) groups is 1. The second-order valence-corrected chi connectivity index (χ2v) is 8.40. The van der Waals surface area contributed by atoms with E-state index in [4.69, 9.17) is 0 Å². The maximum Gasteiger partial charge on any atom is 0.227 e. The highest BCUT2D eigenvalue weighted by Crippen LogP contribution is 2.64. The lowest BCUT2D eigenvalue weighted by Gasteiger charge is -2.19. The monoisotopic (exact) mass is 396 g/mol. The Labute approximate surface area is 167 Å². The van der Waals surface area contributed by atoms with Gasteiger partial charge in [-0.05, 0) is 49.7 Å². The van der Waals surface area contributed by atoms with Gasteiger partial charge in [-0.15, -0.1) is 0 Å². The lowest BCUT2D eigenvalue weighted by molar-refractivity contribution is -0.120. The Hall–Kier alpha value is -2.83. The van der Waals surface area contributed by atoms with Crippen molar-refractivity contribution in [1.29, 1.82) is 0 Å². The van der Waals surface area contributed by atoms with Crippen molar-refractivity contribution in [3.8, 4) is 0 Å². The van der Waals surface area contributed by atoms with Gasteiger partial charge in [0.15, 0.2) is 11.6 Å². The summed E-state index contributed by atoms with van der Waals surface area (Å²) in [6, 6.07) is 6.33. The number of pyridine rings is 1. The minimum absolute atomic E-state index is 0.0252. The van der Waals surface area contributed by atoms with E-state index in [1.165, 1.54) is 6.07 Å². The second-order valence-electron chi connectivity index (χ2n) is 8.40. The van der Waals surface area contributed by atoms with Gasteiger partial charge in [-0.1, -0.05) is 6.92 Å². The zero-order valence-electron chi connectivity index (χ0n) is 16.3. The topological polar surface area (TPSA) is 59.8 Å². The first-order valence-electron chi connectivity index (χ1n) is 9.97. The summed E-state index contributed by atoms with van der Waals surface area (Å²) < 4.78 is 29.1. The molecule has 2 aliphatic carbocycles. The molecule has 29 heavy (non-hydrogen) atoms. The van der Waals surface area contributed by atoms with Gasteiger partial charge in [-0.25, -0.2) is 13.8 Å². The van der Waals surface area contributed by atoms with Crippen molar-refractivity contribution in [3.05, 3.63) is 54.1 Å². The zero-order valence-corrected chi connectivity index (χ0v) is 16.3. The highest BCUT2D eigenvalue weighted by molar-refractivity contribution is 5.92. The number of amides is 1. The predicted octanol–water partition coefficient (Wildman–Crippen LogP) is 4.49. The number of halogens is 2. The molecule has 5 rings (SSSR count). The first-order valence-corrected chi connectivity index (χ1v) is 9.97. The molecule has 2 saturated carbocycles. The van der Waals surface area contributed by atoms with Gasteiger partial charge in [-0.3, -0.25) is 9.78 Å². The highest BCUT2D eigenvalue weighted by atomic mass is 19.2. The third kappa shape index (κ3) is 3.09. The summed E-state index contributed by atoms with van der Waals surface area (Å²) in [4.78, 5) is 21.1. The molecule has 3 atom stereocenters. The molecule has 7 heteroatoms. The Morgan fingerprint density at radius 2 is 1.90 bits per heavy atom. The van der Waals surface area contributed by atoms with E-state index in [0.29, 0.717) is 28.8 Å². The molecule has 3 unspecified atom stereocenters. The van der Waals surface area contributed by atoms with E-state index in [2.05, 4.69) is 15.3 Å². The van der Waals surface area contributed by atoms with Crippen LogP contribution in [0.3, 0.4) is 0 Å². The number of nitrogens with one attached hydrogen (secondary N) is 1. The van der Waals surface area contributed by atoms with Crippen molar-refractivity contribution >= 4 is 22.6 Å². The Balaban J connectivity index is 1.25. The quantitative estimate of drug-likeness (QED) is 0.707. The molecule has 0 bridgehead atoms. The van der Waals surface area contributed by atoms with Gasteiger partial charge in [0.05, 0.1) is 29.2 Å². The summed E-state index contributed by atoms with van der Waals surface area (Å²) in [5, 5.41) is 2.96. The van der Waals surface area contributed by atoms with Crippen molar-refractivity contribution in [1.82, 2.24) is 14.5 Å². The Kier molecular flexibility index (Phi) is 4.15. The van der Waals surface area contributed by atoms with Crippen LogP contribution in [0, 0.1) is 42.2 Å². The average Bonchev–Trinajstić information content (AvgIpc) is 3.02. The fourth-order valence-corrected chi connectivity index (χ4v) is 5.12. The first-order chi connectivity index (χ1) is 13.9. The summed E-state index contributed by atoms with van der Waals surface area (Å²) in [5.41, 5.74) is 2.73. The SMILES string of the molecule is Cc1ccc(NC(=O)C(C)C2C3CC(n4cnc5cc(F)c(F)cc54)CC32)cn1. The minimum Gasteiger partial charge on any atom is -0.327 e. The van der Waals surface area contributed by atoms with Gasteiger partial charge in [0.1, 0.15) is 0 Å². The molecule has 3 aromatic rings. The third-order valence-corrected chi connectivity index (χ3v) is 6.67. The molecule has 2 heterocycles. The number of aromatic nitrogens is 3. The normalized spacial score (nSPS) is 26.3. The molecule has 2 fully saturated rings. The molecule has 0 aliphatic heterocycles. The maximum atomic E-state index is 13.7. The van der Waals surface area contributed by atoms with Gasteiger partial charge in [-0.2, -0.15) is 0 Å². The zero-order chi connectivity index (χ0) is 20.3. The number of fused-ring (bicyclic) bond motifs is 2. The largest absolute Gasteiger partial charge is 0.327 e. The van der Waals surface area contributed by atoms with E-state index < -0.39 is 11.6 Å². The van der Waals surface area contributed by atoms with Gasteiger partial charge in [0.2, 0.25) is 5.91 Å². The van der Waals surface area contributed by atoms with Crippen LogP contribution in [0.2, 0.25) is 0 Å². The van der Waals surface area contributed by atoms with Gasteiger partial charge >= 0.3 is 0 Å². The second kappa shape index (κ2) is 6.61. The van der Waals surface area contributed by atoms with E-state index in [-0.39, 0.29) is 17.9 Å². The van der Waals surface area contributed by atoms with Crippen LogP contribution in [0.15, 0.2) is 36.8 Å². The van der Waals surface area contributed by atoms with Crippen LogP contribution in [0.1, 0.15) is 31.5 Å². The molecule has 5 nitrogen and oxygen atoms in total. The average molecular weight is 396 g/mol. The van der Waals surface area contributed by atoms with Crippen molar-refractivity contribution in [3.63, 3.8) is 0 Å². The summed E-state index contributed by atoms with van der Waals surface area (Å²) >= 11 is 0. The third-order valence-electron chi connectivity index (χ3n) is 6.67. The van der Waals surface area contributed by atoms with E-state index in [1.807, 2.05) is 30.5 Å². The van der Waals surface area contributed by atoms with Crippen molar-refractivity contribution in [2.24, 2.45) is 23.7 Å². The molecule has 2 aliphatic rings. The van der Waals surface area contributed by atoms with Crippen LogP contribution >= 0.6 is 0 Å². The number of hydrogen-bond acceptors (Lipinski definition) is 3. The maximum absolute atomic E-state index is 13.7. The van der Waals surface area contributed by atoms with Crippen molar-refractivity contribution < 1.29 is 13.6 Å². The van der Waals surface area contributed by atoms with Crippen LogP contribution in [-0.2, 0) is 4.79 Å². The lowest BCUT2D eigenvalue weighted by Crippen LogP contribution is -2.24.